The van der Waals surface area contributed by atoms with Gasteiger partial charge < -0.3 is 22.1 Å². The highest BCUT2D eigenvalue weighted by Crippen LogP contribution is 2.08. The number of nitrogens with one attached hydrogen (secondary N) is 2. The molecule has 0 aliphatic carbocycles. The number of carbonyl (C=O) groups excluding carboxylic acids is 2. The van der Waals surface area contributed by atoms with Crippen LogP contribution in [0.5, 0.6) is 0 Å². The smallest absolute Gasteiger partial charge is 0.319 e. The first kappa shape index (κ1) is 14.0. The number of benzene rings is 1. The molecule has 0 bridgehead atoms. The zero-order valence-corrected chi connectivity index (χ0v) is 10.1. The monoisotopic (exact) mass is 250 g/mol. The van der Waals surface area contributed by atoms with Gasteiger partial charge in [0.05, 0.1) is 0 Å². The molecule has 0 spiro atoms. The summed E-state index contributed by atoms with van der Waals surface area (Å²) in [5.74, 6) is -0.366. The molecule has 6 N–H and O–H groups in total. The van der Waals surface area contributed by atoms with E-state index in [1.165, 1.54) is 0 Å². The minimum atomic E-state index is -0.366. The molecule has 0 aliphatic rings. The maximum Gasteiger partial charge on any atom is 0.319 e. The molecule has 0 aromatic heterocycles. The Bertz CT molecular complexity index is 403. The molecule has 1 aromatic rings. The van der Waals surface area contributed by atoms with Crippen LogP contribution in [-0.2, 0) is 11.3 Å². The molecule has 3 amide bonds. The van der Waals surface area contributed by atoms with E-state index in [9.17, 15) is 9.59 Å². The van der Waals surface area contributed by atoms with E-state index < -0.39 is 0 Å². The van der Waals surface area contributed by atoms with Crippen LogP contribution in [0, 0.1) is 0 Å². The quantitative estimate of drug-likeness (QED) is 0.553. The topological polar surface area (TPSA) is 110 Å². The van der Waals surface area contributed by atoms with Gasteiger partial charge in [-0.15, -0.1) is 0 Å². The van der Waals surface area contributed by atoms with Crippen molar-refractivity contribution in [1.29, 1.82) is 0 Å². The lowest BCUT2D eigenvalue weighted by Gasteiger charge is -2.07. The van der Waals surface area contributed by atoms with E-state index in [1.807, 2.05) is 12.1 Å². The third-order valence-electron chi connectivity index (χ3n) is 2.33. The fourth-order valence-electron chi connectivity index (χ4n) is 1.36. The summed E-state index contributed by atoms with van der Waals surface area (Å²) in [6, 6.07) is 6.96. The minimum absolute atomic E-state index is 0.269. The fraction of sp³-hybridized carbons (Fsp3) is 0.333. The van der Waals surface area contributed by atoms with Crippen molar-refractivity contribution in [2.24, 2.45) is 11.5 Å². The van der Waals surface area contributed by atoms with Crippen molar-refractivity contribution >= 4 is 17.6 Å². The first-order valence-electron chi connectivity index (χ1n) is 5.74. The Labute approximate surface area is 106 Å². The normalized spacial score (nSPS) is 9.83. The third kappa shape index (κ3) is 5.31. The van der Waals surface area contributed by atoms with Gasteiger partial charge in [-0.25, -0.2) is 4.79 Å². The molecule has 98 valence electrons. The van der Waals surface area contributed by atoms with Gasteiger partial charge in [0.25, 0.3) is 0 Å². The van der Waals surface area contributed by atoms with Gasteiger partial charge in [0.2, 0.25) is 5.91 Å². The van der Waals surface area contributed by atoms with Crippen LogP contribution in [0.1, 0.15) is 18.4 Å². The molecular formula is C12H18N4O2. The summed E-state index contributed by atoms with van der Waals surface area (Å²) in [5, 5.41) is 5.31. The van der Waals surface area contributed by atoms with Crippen molar-refractivity contribution in [1.82, 2.24) is 5.32 Å². The van der Waals surface area contributed by atoms with E-state index in [0.29, 0.717) is 25.2 Å². The molecule has 0 radical (unpaired) electrons. The van der Waals surface area contributed by atoms with Crippen LogP contribution in [0.4, 0.5) is 10.5 Å². The predicted octanol–water partition coefficient (Wildman–Crippen LogP) is 0.532. The van der Waals surface area contributed by atoms with Crippen LogP contribution in [-0.4, -0.2) is 18.5 Å². The lowest BCUT2D eigenvalue weighted by molar-refractivity contribution is -0.118. The highest BCUT2D eigenvalue weighted by molar-refractivity contribution is 5.89. The Hall–Kier alpha value is -2.08. The Balaban J connectivity index is 2.28. The largest absolute Gasteiger partial charge is 0.370 e. The summed E-state index contributed by atoms with van der Waals surface area (Å²) in [5.41, 5.74) is 12.1. The average Bonchev–Trinajstić information content (AvgIpc) is 2.35. The molecule has 0 heterocycles. The molecule has 1 rings (SSSR count). The van der Waals surface area contributed by atoms with Crippen molar-refractivity contribution in [3.8, 4) is 0 Å². The molecule has 18 heavy (non-hydrogen) atoms. The molecule has 6 nitrogen and oxygen atoms in total. The van der Waals surface area contributed by atoms with Gasteiger partial charge in [0, 0.05) is 25.2 Å². The summed E-state index contributed by atoms with van der Waals surface area (Å²) in [4.78, 5) is 21.9. The summed E-state index contributed by atoms with van der Waals surface area (Å²) < 4.78 is 0. The van der Waals surface area contributed by atoms with E-state index in [0.717, 1.165) is 5.56 Å². The lowest BCUT2D eigenvalue weighted by atomic mass is 10.2. The van der Waals surface area contributed by atoms with Crippen molar-refractivity contribution < 1.29 is 9.59 Å². The molecule has 1 aromatic carbocycles. The van der Waals surface area contributed by atoms with E-state index in [-0.39, 0.29) is 18.4 Å². The first-order valence-corrected chi connectivity index (χ1v) is 5.74. The zero-order valence-electron chi connectivity index (χ0n) is 10.1. The van der Waals surface area contributed by atoms with Crippen LogP contribution in [0.3, 0.4) is 0 Å². The highest BCUT2D eigenvalue weighted by Gasteiger charge is 2.01. The summed E-state index contributed by atoms with van der Waals surface area (Å²) in [6.07, 6.45) is 0.806. The molecule has 0 unspecified atom stereocenters. The SMILES string of the molecule is NCc1ccc(NC(=O)NCCCC(N)=O)cc1. The Morgan fingerprint density at radius 2 is 1.83 bits per heavy atom. The van der Waals surface area contributed by atoms with E-state index in [1.54, 1.807) is 12.1 Å². The third-order valence-corrected chi connectivity index (χ3v) is 2.33. The van der Waals surface area contributed by atoms with Crippen LogP contribution in [0.2, 0.25) is 0 Å². The molecule has 6 heteroatoms. The fourth-order valence-corrected chi connectivity index (χ4v) is 1.36. The molecule has 0 saturated heterocycles. The summed E-state index contributed by atoms with van der Waals surface area (Å²) in [7, 11) is 0. The molecule has 0 atom stereocenters. The number of amides is 3. The Morgan fingerprint density at radius 1 is 1.17 bits per heavy atom. The van der Waals surface area contributed by atoms with E-state index in [2.05, 4.69) is 10.6 Å². The molecule has 0 saturated carbocycles. The number of anilines is 1. The van der Waals surface area contributed by atoms with Crippen LogP contribution in [0.15, 0.2) is 24.3 Å². The Kier molecular flexibility index (Phi) is 5.66. The van der Waals surface area contributed by atoms with Gasteiger partial charge >= 0.3 is 6.03 Å². The second-order valence-electron chi connectivity index (χ2n) is 3.85. The number of hydrogen-bond acceptors (Lipinski definition) is 3. The second kappa shape index (κ2) is 7.29. The number of nitrogens with two attached hydrogens (primary N) is 2. The first-order chi connectivity index (χ1) is 8.61. The number of primary amides is 1. The lowest BCUT2D eigenvalue weighted by Crippen LogP contribution is -2.30. The van der Waals surface area contributed by atoms with Crippen LogP contribution >= 0.6 is 0 Å². The molecule has 0 fully saturated rings. The minimum Gasteiger partial charge on any atom is -0.370 e. The Morgan fingerprint density at radius 3 is 2.39 bits per heavy atom. The van der Waals surface area contributed by atoms with Gasteiger partial charge in [-0.3, -0.25) is 4.79 Å². The number of hydrogen-bond donors (Lipinski definition) is 4. The predicted molar refractivity (Wildman–Crippen MR) is 69.8 cm³/mol. The van der Waals surface area contributed by atoms with Gasteiger partial charge in [0.1, 0.15) is 0 Å². The maximum absolute atomic E-state index is 11.4. The van der Waals surface area contributed by atoms with E-state index >= 15 is 0 Å². The van der Waals surface area contributed by atoms with Crippen molar-refractivity contribution in [3.63, 3.8) is 0 Å². The summed E-state index contributed by atoms with van der Waals surface area (Å²) in [6.45, 7) is 0.884. The van der Waals surface area contributed by atoms with Gasteiger partial charge in [-0.05, 0) is 24.1 Å². The molecule has 0 aliphatic heterocycles. The van der Waals surface area contributed by atoms with Crippen LogP contribution in [0.25, 0.3) is 0 Å². The number of rotatable bonds is 6. The van der Waals surface area contributed by atoms with Crippen molar-refractivity contribution in [2.75, 3.05) is 11.9 Å². The second-order valence-corrected chi connectivity index (χ2v) is 3.85. The van der Waals surface area contributed by atoms with E-state index in [4.69, 9.17) is 11.5 Å². The number of carbonyl (C=O) groups is 2. The maximum atomic E-state index is 11.4. The summed E-state index contributed by atoms with van der Waals surface area (Å²) >= 11 is 0. The van der Waals surface area contributed by atoms with Gasteiger partial charge in [-0.1, -0.05) is 12.1 Å². The van der Waals surface area contributed by atoms with Gasteiger partial charge in [-0.2, -0.15) is 0 Å². The molecular weight excluding hydrogens is 232 g/mol. The average molecular weight is 250 g/mol. The van der Waals surface area contributed by atoms with Crippen molar-refractivity contribution in [3.05, 3.63) is 29.8 Å². The van der Waals surface area contributed by atoms with Gasteiger partial charge in [0.15, 0.2) is 0 Å². The highest BCUT2D eigenvalue weighted by atomic mass is 16.2. The van der Waals surface area contributed by atoms with Crippen LogP contribution < -0.4 is 22.1 Å². The number of urea groups is 1. The van der Waals surface area contributed by atoms with Crippen molar-refractivity contribution in [2.45, 2.75) is 19.4 Å². The standard InChI is InChI=1S/C12H18N4O2/c13-8-9-3-5-10(6-4-9)16-12(18)15-7-1-2-11(14)17/h3-6H,1-2,7-8,13H2,(H2,14,17)(H2,15,16,18). The zero-order chi connectivity index (χ0) is 13.4.